The Bertz CT molecular complexity index is 252. The normalized spacial score (nSPS) is 12.7. The highest BCUT2D eigenvalue weighted by Gasteiger charge is 2.32. The van der Waals surface area contributed by atoms with Crippen LogP contribution in [-0.4, -0.2) is 41.1 Å². The molecule has 5 nitrogen and oxygen atoms in total. The van der Waals surface area contributed by atoms with Crippen molar-refractivity contribution in [2.75, 3.05) is 13.1 Å². The number of carbonyl (C=O) groups excluding carboxylic acids is 1. The fourth-order valence-electron chi connectivity index (χ4n) is 0.895. The molecule has 0 unspecified atom stereocenters. The second-order valence-electron chi connectivity index (χ2n) is 2.79. The zero-order valence-corrected chi connectivity index (χ0v) is 8.08. The van der Waals surface area contributed by atoms with Crippen LogP contribution in [0, 0.1) is 0 Å². The summed E-state index contributed by atoms with van der Waals surface area (Å²) in [4.78, 5) is 11.8. The van der Waals surface area contributed by atoms with Crippen molar-refractivity contribution in [1.29, 1.82) is 0 Å². The van der Waals surface area contributed by atoms with Gasteiger partial charge in [-0.15, -0.1) is 0 Å². The van der Waals surface area contributed by atoms with Crippen LogP contribution >= 0.6 is 0 Å². The number of amidine groups is 1. The van der Waals surface area contributed by atoms with Gasteiger partial charge in [-0.1, -0.05) is 5.16 Å². The number of hydrogen-bond donors (Lipinski definition) is 2. The molecular weight excluding hydrogens is 215 g/mol. The van der Waals surface area contributed by atoms with E-state index >= 15 is 0 Å². The number of oxime groups is 1. The van der Waals surface area contributed by atoms with E-state index in [9.17, 15) is 18.0 Å². The van der Waals surface area contributed by atoms with Gasteiger partial charge in [-0.25, -0.2) is 0 Å². The number of nitrogens with two attached hydrogens (primary N) is 1. The highest BCUT2D eigenvalue weighted by Crippen LogP contribution is 2.16. The van der Waals surface area contributed by atoms with Gasteiger partial charge in [0.05, 0.1) is 6.42 Å². The molecule has 0 aromatic heterocycles. The van der Waals surface area contributed by atoms with Gasteiger partial charge < -0.3 is 15.8 Å². The first-order chi connectivity index (χ1) is 6.80. The number of amides is 1. The molecule has 0 saturated carbocycles. The Balaban J connectivity index is 4.36. The van der Waals surface area contributed by atoms with Crippen molar-refractivity contribution >= 4 is 11.7 Å². The van der Waals surface area contributed by atoms with Crippen LogP contribution in [0.5, 0.6) is 0 Å². The standard InChI is InChI=1S/C7H12F3N3O2/c1-2-13(4-7(8,9)10)6(14)3-5(11)12-15/h15H,2-4H2,1H3,(H2,11,12). The number of nitrogens with zero attached hydrogens (tertiary/aromatic N) is 2. The van der Waals surface area contributed by atoms with E-state index in [4.69, 9.17) is 10.9 Å². The van der Waals surface area contributed by atoms with E-state index in [1.165, 1.54) is 6.92 Å². The van der Waals surface area contributed by atoms with E-state index < -0.39 is 30.9 Å². The fraction of sp³-hybridized carbons (Fsp3) is 0.714. The number of alkyl halides is 3. The van der Waals surface area contributed by atoms with Gasteiger partial charge in [-0.05, 0) is 6.92 Å². The molecule has 1 amide bonds. The zero-order valence-electron chi connectivity index (χ0n) is 8.08. The van der Waals surface area contributed by atoms with Gasteiger partial charge in [0.15, 0.2) is 0 Å². The minimum absolute atomic E-state index is 0.0863. The summed E-state index contributed by atoms with van der Waals surface area (Å²) < 4.78 is 35.9. The van der Waals surface area contributed by atoms with Crippen LogP contribution in [-0.2, 0) is 4.79 Å². The Kier molecular flexibility index (Phi) is 4.89. The third-order valence-corrected chi connectivity index (χ3v) is 1.57. The fourth-order valence-corrected chi connectivity index (χ4v) is 0.895. The smallest absolute Gasteiger partial charge is 0.406 e. The molecule has 0 saturated heterocycles. The SMILES string of the molecule is CCN(CC(F)(F)F)C(=O)CC(N)=NO. The maximum atomic E-state index is 12.0. The van der Waals surface area contributed by atoms with Gasteiger partial charge in [-0.2, -0.15) is 13.2 Å². The molecule has 0 rings (SSSR count). The summed E-state index contributed by atoms with van der Waals surface area (Å²) >= 11 is 0. The third kappa shape index (κ3) is 5.76. The Hall–Kier alpha value is -1.47. The van der Waals surface area contributed by atoms with Gasteiger partial charge in [0.2, 0.25) is 5.91 Å². The summed E-state index contributed by atoms with van der Waals surface area (Å²) in [5, 5.41) is 10.6. The summed E-state index contributed by atoms with van der Waals surface area (Å²) in [6.45, 7) is -0.00594. The highest BCUT2D eigenvalue weighted by molar-refractivity contribution is 5.98. The summed E-state index contributed by atoms with van der Waals surface area (Å²) in [5.74, 6) is -1.24. The quantitative estimate of drug-likeness (QED) is 0.318. The lowest BCUT2D eigenvalue weighted by Crippen LogP contribution is -2.40. The zero-order chi connectivity index (χ0) is 12.1. The van der Waals surface area contributed by atoms with Gasteiger partial charge in [-0.3, -0.25) is 4.79 Å². The van der Waals surface area contributed by atoms with Crippen molar-refractivity contribution in [3.05, 3.63) is 0 Å². The van der Waals surface area contributed by atoms with Crippen LogP contribution in [0.25, 0.3) is 0 Å². The molecule has 8 heteroatoms. The van der Waals surface area contributed by atoms with E-state index in [0.717, 1.165) is 0 Å². The third-order valence-electron chi connectivity index (χ3n) is 1.57. The van der Waals surface area contributed by atoms with Crippen molar-refractivity contribution in [2.45, 2.75) is 19.5 Å². The number of halogens is 3. The van der Waals surface area contributed by atoms with Crippen molar-refractivity contribution in [2.24, 2.45) is 10.9 Å². The Morgan fingerprint density at radius 3 is 2.40 bits per heavy atom. The highest BCUT2D eigenvalue weighted by atomic mass is 19.4. The van der Waals surface area contributed by atoms with E-state index in [1.807, 2.05) is 0 Å². The molecular formula is C7H12F3N3O2. The first kappa shape index (κ1) is 13.5. The molecule has 0 aromatic carbocycles. The maximum Gasteiger partial charge on any atom is 0.406 e. The summed E-state index contributed by atoms with van der Waals surface area (Å²) in [5.41, 5.74) is 5.00. The molecule has 88 valence electrons. The van der Waals surface area contributed by atoms with Crippen LogP contribution in [0.1, 0.15) is 13.3 Å². The maximum absolute atomic E-state index is 12.0. The monoisotopic (exact) mass is 227 g/mol. The van der Waals surface area contributed by atoms with Crippen LogP contribution < -0.4 is 5.73 Å². The molecule has 0 radical (unpaired) electrons. The van der Waals surface area contributed by atoms with Crippen LogP contribution in [0.3, 0.4) is 0 Å². The molecule has 0 fully saturated rings. The Morgan fingerprint density at radius 2 is 2.07 bits per heavy atom. The van der Waals surface area contributed by atoms with Crippen LogP contribution in [0.15, 0.2) is 5.16 Å². The van der Waals surface area contributed by atoms with E-state index in [0.29, 0.717) is 4.90 Å². The molecule has 15 heavy (non-hydrogen) atoms. The van der Waals surface area contributed by atoms with Crippen molar-refractivity contribution < 1.29 is 23.2 Å². The molecule has 0 aliphatic carbocycles. The Labute approximate surface area is 84.3 Å². The lowest BCUT2D eigenvalue weighted by Gasteiger charge is -2.21. The van der Waals surface area contributed by atoms with E-state index in [1.54, 1.807) is 0 Å². The van der Waals surface area contributed by atoms with E-state index in [2.05, 4.69) is 5.16 Å². The molecule has 0 heterocycles. The molecule has 3 N–H and O–H groups in total. The predicted octanol–water partition coefficient (Wildman–Crippen LogP) is 0.534. The predicted molar refractivity (Wildman–Crippen MR) is 46.3 cm³/mol. The van der Waals surface area contributed by atoms with Crippen LogP contribution in [0.2, 0.25) is 0 Å². The average molecular weight is 227 g/mol. The minimum atomic E-state index is -4.45. The van der Waals surface area contributed by atoms with Crippen molar-refractivity contribution in [1.82, 2.24) is 4.90 Å². The second kappa shape index (κ2) is 5.42. The van der Waals surface area contributed by atoms with E-state index in [-0.39, 0.29) is 6.54 Å². The van der Waals surface area contributed by atoms with Crippen molar-refractivity contribution in [3.8, 4) is 0 Å². The first-order valence-corrected chi connectivity index (χ1v) is 4.11. The molecule has 0 spiro atoms. The van der Waals surface area contributed by atoms with Gasteiger partial charge in [0.25, 0.3) is 0 Å². The topological polar surface area (TPSA) is 78.9 Å². The molecule has 0 aliphatic rings. The Morgan fingerprint density at radius 1 is 1.53 bits per heavy atom. The largest absolute Gasteiger partial charge is 0.409 e. The number of carbonyl (C=O) groups is 1. The van der Waals surface area contributed by atoms with Gasteiger partial charge in [0.1, 0.15) is 12.4 Å². The van der Waals surface area contributed by atoms with Crippen molar-refractivity contribution in [3.63, 3.8) is 0 Å². The molecule has 0 atom stereocenters. The summed E-state index contributed by atoms with van der Waals surface area (Å²) in [6, 6.07) is 0. The molecule has 0 bridgehead atoms. The molecule has 0 aliphatic heterocycles. The summed E-state index contributed by atoms with van der Waals surface area (Å²) in [6.07, 6.45) is -4.97. The number of rotatable bonds is 4. The molecule has 0 aromatic rings. The van der Waals surface area contributed by atoms with Gasteiger partial charge in [0, 0.05) is 6.54 Å². The lowest BCUT2D eigenvalue weighted by atomic mass is 10.3. The second-order valence-corrected chi connectivity index (χ2v) is 2.79. The van der Waals surface area contributed by atoms with Gasteiger partial charge >= 0.3 is 6.18 Å². The summed E-state index contributed by atoms with van der Waals surface area (Å²) in [7, 11) is 0. The lowest BCUT2D eigenvalue weighted by molar-refractivity contribution is -0.160. The number of hydrogen-bond acceptors (Lipinski definition) is 3. The van der Waals surface area contributed by atoms with Crippen LogP contribution in [0.4, 0.5) is 13.2 Å². The average Bonchev–Trinajstić information content (AvgIpc) is 2.12. The minimum Gasteiger partial charge on any atom is -0.409 e. The first-order valence-electron chi connectivity index (χ1n) is 4.11.